The molecule has 0 spiro atoms. The molecule has 9 nitrogen and oxygen atoms in total. The van der Waals surface area contributed by atoms with E-state index in [-0.39, 0.29) is 22.0 Å². The van der Waals surface area contributed by atoms with Crippen molar-refractivity contribution >= 4 is 17.7 Å². The monoisotopic (exact) mass is 358 g/mol. The summed E-state index contributed by atoms with van der Waals surface area (Å²) in [4.78, 5) is 29.1. The molecule has 3 rings (SSSR count). The molecule has 0 bridgehead atoms. The Morgan fingerprint density at radius 3 is 2.80 bits per heavy atom. The van der Waals surface area contributed by atoms with Crippen LogP contribution in [0.15, 0.2) is 40.2 Å². The minimum absolute atomic E-state index is 0.0216. The summed E-state index contributed by atoms with van der Waals surface area (Å²) in [5.74, 6) is -0.298. The Morgan fingerprint density at radius 2 is 2.08 bits per heavy atom. The molecule has 128 valence electrons. The quantitative estimate of drug-likeness (QED) is 0.495. The Morgan fingerprint density at radius 1 is 1.32 bits per heavy atom. The fourth-order valence-electron chi connectivity index (χ4n) is 2.25. The van der Waals surface area contributed by atoms with Crippen molar-refractivity contribution in [3.63, 3.8) is 0 Å². The molecule has 0 aliphatic rings. The van der Waals surface area contributed by atoms with Gasteiger partial charge in [-0.15, -0.1) is 5.10 Å². The first kappa shape index (κ1) is 16.8. The summed E-state index contributed by atoms with van der Waals surface area (Å²) in [5, 5.41) is 21.1. The summed E-state index contributed by atoms with van der Waals surface area (Å²) in [7, 11) is 0. The first-order chi connectivity index (χ1) is 12.0. The predicted molar refractivity (Wildman–Crippen MR) is 89.5 cm³/mol. The highest BCUT2D eigenvalue weighted by molar-refractivity contribution is 7.98. The second kappa shape index (κ2) is 7.26. The molecule has 0 amide bonds. The van der Waals surface area contributed by atoms with E-state index in [1.54, 1.807) is 4.68 Å². The molecule has 0 atom stereocenters. The standard InChI is InChI=1S/C15H14N6O3S/c1-9-12(14(22)23)13(17-15(24)16-9)25-8-11-18-19-20-21(11)7-10-5-3-2-4-6-10/h2-6H,7-8H2,1H3,(H,22,23)(H,16,17,24). The first-order valence-corrected chi connectivity index (χ1v) is 8.29. The van der Waals surface area contributed by atoms with Crippen LogP contribution in [0.2, 0.25) is 0 Å². The second-order valence-electron chi connectivity index (χ2n) is 5.18. The van der Waals surface area contributed by atoms with Crippen LogP contribution >= 0.6 is 11.8 Å². The van der Waals surface area contributed by atoms with Crippen LogP contribution in [0.1, 0.15) is 27.4 Å². The molecule has 0 fully saturated rings. The molecule has 10 heteroatoms. The van der Waals surface area contributed by atoms with Gasteiger partial charge in [-0.1, -0.05) is 42.1 Å². The smallest absolute Gasteiger partial charge is 0.346 e. The van der Waals surface area contributed by atoms with Crippen molar-refractivity contribution in [1.82, 2.24) is 30.2 Å². The van der Waals surface area contributed by atoms with Gasteiger partial charge in [-0.05, 0) is 22.9 Å². The van der Waals surface area contributed by atoms with Crippen LogP contribution < -0.4 is 5.69 Å². The fourth-order valence-corrected chi connectivity index (χ4v) is 3.26. The minimum Gasteiger partial charge on any atom is -0.478 e. The van der Waals surface area contributed by atoms with Crippen molar-refractivity contribution < 1.29 is 9.90 Å². The number of aryl methyl sites for hydroxylation is 1. The number of nitrogens with one attached hydrogen (secondary N) is 1. The molecule has 1 aromatic carbocycles. The Hall–Kier alpha value is -3.01. The lowest BCUT2D eigenvalue weighted by Gasteiger charge is -2.07. The molecule has 0 aliphatic carbocycles. The van der Waals surface area contributed by atoms with Gasteiger partial charge in [0.2, 0.25) is 0 Å². The zero-order valence-electron chi connectivity index (χ0n) is 13.2. The average molecular weight is 358 g/mol. The topological polar surface area (TPSA) is 127 Å². The number of carbonyl (C=O) groups is 1. The minimum atomic E-state index is -1.15. The Balaban J connectivity index is 1.81. The average Bonchev–Trinajstić information content (AvgIpc) is 3.00. The number of aromatic carboxylic acids is 1. The van der Waals surface area contributed by atoms with Gasteiger partial charge >= 0.3 is 11.7 Å². The lowest BCUT2D eigenvalue weighted by Crippen LogP contribution is -2.18. The first-order valence-electron chi connectivity index (χ1n) is 7.30. The van der Waals surface area contributed by atoms with Crippen LogP contribution in [0.5, 0.6) is 0 Å². The van der Waals surface area contributed by atoms with Crippen molar-refractivity contribution in [2.75, 3.05) is 0 Å². The van der Waals surface area contributed by atoms with Gasteiger partial charge in [0.15, 0.2) is 5.82 Å². The molecule has 2 heterocycles. The number of nitrogens with zero attached hydrogens (tertiary/aromatic N) is 5. The Bertz CT molecular complexity index is 953. The van der Waals surface area contributed by atoms with E-state index < -0.39 is 11.7 Å². The summed E-state index contributed by atoms with van der Waals surface area (Å²) >= 11 is 1.11. The summed E-state index contributed by atoms with van der Waals surface area (Å²) < 4.78 is 1.63. The van der Waals surface area contributed by atoms with Crippen LogP contribution in [0, 0.1) is 6.92 Å². The number of hydrogen-bond donors (Lipinski definition) is 2. The SMILES string of the molecule is Cc1[nH]c(=O)nc(SCc2nnnn2Cc2ccccc2)c1C(=O)O. The number of H-pyrrole nitrogens is 1. The molecule has 3 aromatic rings. The molecular weight excluding hydrogens is 344 g/mol. The molecule has 0 unspecified atom stereocenters. The van der Waals surface area contributed by atoms with E-state index in [1.807, 2.05) is 30.3 Å². The van der Waals surface area contributed by atoms with Crippen molar-refractivity contribution in [3.8, 4) is 0 Å². The second-order valence-corrected chi connectivity index (χ2v) is 6.14. The lowest BCUT2D eigenvalue weighted by molar-refractivity contribution is 0.0690. The molecule has 0 saturated carbocycles. The van der Waals surface area contributed by atoms with Gasteiger partial charge in [0.05, 0.1) is 12.3 Å². The highest BCUT2D eigenvalue weighted by Gasteiger charge is 2.18. The normalized spacial score (nSPS) is 10.8. The van der Waals surface area contributed by atoms with Gasteiger partial charge in [-0.25, -0.2) is 14.3 Å². The van der Waals surface area contributed by atoms with Gasteiger partial charge < -0.3 is 10.1 Å². The summed E-state index contributed by atoms with van der Waals surface area (Å²) in [6.07, 6.45) is 0. The van der Waals surface area contributed by atoms with Crippen molar-refractivity contribution in [2.24, 2.45) is 0 Å². The van der Waals surface area contributed by atoms with Crippen LogP contribution in [0.4, 0.5) is 0 Å². The van der Waals surface area contributed by atoms with E-state index in [1.165, 1.54) is 6.92 Å². The Kier molecular flexibility index (Phi) is 4.89. The number of aromatic amines is 1. The maximum absolute atomic E-state index is 11.5. The van der Waals surface area contributed by atoms with Crippen molar-refractivity contribution in [2.45, 2.75) is 24.2 Å². The van der Waals surface area contributed by atoms with Crippen LogP contribution in [-0.2, 0) is 12.3 Å². The van der Waals surface area contributed by atoms with Crippen molar-refractivity contribution in [1.29, 1.82) is 0 Å². The molecular formula is C15H14N6O3S. The molecule has 2 aromatic heterocycles. The highest BCUT2D eigenvalue weighted by atomic mass is 32.2. The van der Waals surface area contributed by atoms with Crippen LogP contribution in [0.3, 0.4) is 0 Å². The number of carboxylic acid groups (broad SMARTS) is 1. The van der Waals surface area contributed by atoms with E-state index in [4.69, 9.17) is 0 Å². The van der Waals surface area contributed by atoms with E-state index >= 15 is 0 Å². The summed E-state index contributed by atoms with van der Waals surface area (Å²) in [5.41, 5.74) is 0.692. The zero-order valence-corrected chi connectivity index (χ0v) is 14.0. The Labute approximate surface area is 146 Å². The number of aromatic nitrogens is 6. The zero-order chi connectivity index (χ0) is 17.8. The number of rotatable bonds is 6. The summed E-state index contributed by atoms with van der Waals surface area (Å²) in [6, 6.07) is 9.70. The van der Waals surface area contributed by atoms with E-state index in [0.717, 1.165) is 17.3 Å². The van der Waals surface area contributed by atoms with Gasteiger partial charge in [-0.2, -0.15) is 4.98 Å². The lowest BCUT2D eigenvalue weighted by atomic mass is 10.2. The third-order valence-corrected chi connectivity index (χ3v) is 4.39. The number of hydrogen-bond acceptors (Lipinski definition) is 7. The molecule has 0 saturated heterocycles. The third kappa shape index (κ3) is 3.91. The van der Waals surface area contributed by atoms with Crippen LogP contribution in [-0.4, -0.2) is 41.3 Å². The van der Waals surface area contributed by atoms with Crippen LogP contribution in [0.25, 0.3) is 0 Å². The largest absolute Gasteiger partial charge is 0.478 e. The molecule has 0 radical (unpaired) electrons. The van der Waals surface area contributed by atoms with Gasteiger partial charge in [-0.3, -0.25) is 0 Å². The molecule has 2 N–H and O–H groups in total. The number of benzene rings is 1. The molecule has 25 heavy (non-hydrogen) atoms. The molecule has 0 aliphatic heterocycles. The maximum atomic E-state index is 11.5. The number of thioether (sulfide) groups is 1. The van der Waals surface area contributed by atoms with Gasteiger partial charge in [0.1, 0.15) is 10.6 Å². The summed E-state index contributed by atoms with van der Waals surface area (Å²) in [6.45, 7) is 2.02. The predicted octanol–water partition coefficient (Wildman–Crippen LogP) is 1.10. The van der Waals surface area contributed by atoms with Gasteiger partial charge in [0.25, 0.3) is 0 Å². The number of tetrazole rings is 1. The third-order valence-electron chi connectivity index (χ3n) is 3.42. The highest BCUT2D eigenvalue weighted by Crippen LogP contribution is 2.24. The maximum Gasteiger partial charge on any atom is 0.346 e. The van der Waals surface area contributed by atoms with E-state index in [9.17, 15) is 14.7 Å². The fraction of sp³-hybridized carbons (Fsp3) is 0.200. The number of carboxylic acids is 1. The van der Waals surface area contributed by atoms with E-state index in [2.05, 4.69) is 25.5 Å². The van der Waals surface area contributed by atoms with Gasteiger partial charge in [0, 0.05) is 5.69 Å². The van der Waals surface area contributed by atoms with E-state index in [0.29, 0.717) is 12.4 Å². The van der Waals surface area contributed by atoms with Crippen molar-refractivity contribution in [3.05, 3.63) is 63.5 Å².